The van der Waals surface area contributed by atoms with Crippen molar-refractivity contribution in [1.82, 2.24) is 4.90 Å². The van der Waals surface area contributed by atoms with Gasteiger partial charge in [0, 0.05) is 26.6 Å². The first-order valence-electron chi connectivity index (χ1n) is 7.18. The zero-order valence-electron chi connectivity index (χ0n) is 12.0. The lowest BCUT2D eigenvalue weighted by molar-refractivity contribution is -0.137. The minimum absolute atomic E-state index is 0.293. The highest BCUT2D eigenvalue weighted by molar-refractivity contribution is 5.66. The van der Waals surface area contributed by atoms with Crippen molar-refractivity contribution < 1.29 is 14.6 Å². The first kappa shape index (κ1) is 15.0. The molecular weight excluding hydrogens is 254 g/mol. The van der Waals surface area contributed by atoms with Crippen LogP contribution in [0.15, 0.2) is 24.3 Å². The van der Waals surface area contributed by atoms with Crippen LogP contribution in [0, 0.1) is 5.92 Å². The number of ether oxygens (including phenoxy) is 1. The van der Waals surface area contributed by atoms with Crippen molar-refractivity contribution >= 4 is 5.97 Å². The van der Waals surface area contributed by atoms with Gasteiger partial charge in [0.15, 0.2) is 0 Å². The number of benzene rings is 1. The van der Waals surface area contributed by atoms with Crippen molar-refractivity contribution in [2.24, 2.45) is 5.92 Å². The van der Waals surface area contributed by atoms with E-state index in [1.807, 2.05) is 0 Å². The number of carbonyl (C=O) groups is 1. The average Bonchev–Trinajstić information content (AvgIpc) is 2.85. The highest BCUT2D eigenvalue weighted by Gasteiger charge is 2.22. The number of hydrogen-bond acceptors (Lipinski definition) is 3. The molecule has 1 aromatic carbocycles. The van der Waals surface area contributed by atoms with Gasteiger partial charge in [0.25, 0.3) is 0 Å². The van der Waals surface area contributed by atoms with Crippen LogP contribution in [-0.2, 0) is 22.7 Å². The molecular formula is C16H23NO3. The highest BCUT2D eigenvalue weighted by atomic mass is 16.5. The summed E-state index contributed by atoms with van der Waals surface area (Å²) in [5.74, 6) is -0.149. The summed E-state index contributed by atoms with van der Waals surface area (Å²) in [6.45, 7) is 3.68. The van der Waals surface area contributed by atoms with Crippen LogP contribution in [0.1, 0.15) is 30.4 Å². The van der Waals surface area contributed by atoms with E-state index in [9.17, 15) is 4.79 Å². The molecule has 0 aromatic heterocycles. The Bertz CT molecular complexity index is 447. The molecule has 0 bridgehead atoms. The number of methoxy groups -OCH3 is 1. The van der Waals surface area contributed by atoms with Gasteiger partial charge in [-0.25, -0.2) is 0 Å². The number of nitrogens with zero attached hydrogens (tertiary/aromatic N) is 1. The zero-order valence-corrected chi connectivity index (χ0v) is 12.0. The molecule has 1 atom stereocenters. The molecule has 20 heavy (non-hydrogen) atoms. The molecule has 1 N–H and O–H groups in total. The molecule has 1 aliphatic heterocycles. The Morgan fingerprint density at radius 3 is 3.00 bits per heavy atom. The highest BCUT2D eigenvalue weighted by Crippen LogP contribution is 2.22. The van der Waals surface area contributed by atoms with E-state index >= 15 is 0 Å². The molecule has 110 valence electrons. The predicted octanol–water partition coefficient (Wildman–Crippen LogP) is 2.52. The molecule has 2 rings (SSSR count). The van der Waals surface area contributed by atoms with E-state index in [4.69, 9.17) is 9.84 Å². The third kappa shape index (κ3) is 4.62. The van der Waals surface area contributed by atoms with Crippen LogP contribution in [-0.4, -0.2) is 36.2 Å². The average molecular weight is 277 g/mol. The molecule has 0 spiro atoms. The first-order chi connectivity index (χ1) is 9.67. The minimum Gasteiger partial charge on any atom is -0.481 e. The maximum absolute atomic E-state index is 10.6. The van der Waals surface area contributed by atoms with Crippen LogP contribution in [0.25, 0.3) is 0 Å². The summed E-state index contributed by atoms with van der Waals surface area (Å²) in [4.78, 5) is 13.0. The van der Waals surface area contributed by atoms with Crippen molar-refractivity contribution in [2.75, 3.05) is 20.2 Å². The lowest BCUT2D eigenvalue weighted by Gasteiger charge is -2.16. The maximum atomic E-state index is 10.6. The fourth-order valence-electron chi connectivity index (χ4n) is 2.86. The van der Waals surface area contributed by atoms with Crippen molar-refractivity contribution in [1.29, 1.82) is 0 Å². The predicted molar refractivity (Wildman–Crippen MR) is 77.4 cm³/mol. The summed E-state index contributed by atoms with van der Waals surface area (Å²) in [6, 6.07) is 8.48. The summed E-state index contributed by atoms with van der Waals surface area (Å²) in [7, 11) is 1.71. The third-order valence-electron chi connectivity index (χ3n) is 3.85. The van der Waals surface area contributed by atoms with E-state index in [2.05, 4.69) is 29.2 Å². The topological polar surface area (TPSA) is 49.8 Å². The van der Waals surface area contributed by atoms with E-state index in [-0.39, 0.29) is 0 Å². The Morgan fingerprint density at radius 2 is 2.25 bits per heavy atom. The number of carboxylic acids is 1. The fraction of sp³-hybridized carbons (Fsp3) is 0.562. The number of hydrogen-bond donors (Lipinski definition) is 1. The smallest absolute Gasteiger partial charge is 0.303 e. The van der Waals surface area contributed by atoms with Crippen molar-refractivity contribution in [3.8, 4) is 0 Å². The van der Waals surface area contributed by atoms with Crippen LogP contribution in [0.2, 0.25) is 0 Å². The molecule has 1 aliphatic rings. The third-order valence-corrected chi connectivity index (χ3v) is 3.85. The van der Waals surface area contributed by atoms with Gasteiger partial charge < -0.3 is 9.84 Å². The van der Waals surface area contributed by atoms with Gasteiger partial charge in [-0.1, -0.05) is 24.3 Å². The Hall–Kier alpha value is -1.39. The molecule has 1 saturated heterocycles. The Kier molecular flexibility index (Phi) is 5.56. The summed E-state index contributed by atoms with van der Waals surface area (Å²) in [6.07, 6.45) is 2.21. The van der Waals surface area contributed by atoms with Crippen molar-refractivity contribution in [2.45, 2.75) is 32.4 Å². The quantitative estimate of drug-likeness (QED) is 0.832. The summed E-state index contributed by atoms with van der Waals surface area (Å²) in [5, 5.41) is 8.73. The van der Waals surface area contributed by atoms with E-state index in [1.54, 1.807) is 7.11 Å². The molecule has 0 radical (unpaired) electrons. The van der Waals surface area contributed by atoms with Crippen molar-refractivity contribution in [3.05, 3.63) is 35.4 Å². The minimum atomic E-state index is -0.685. The molecule has 1 fully saturated rings. The molecule has 0 saturated carbocycles. The monoisotopic (exact) mass is 277 g/mol. The summed E-state index contributed by atoms with van der Waals surface area (Å²) < 4.78 is 5.16. The summed E-state index contributed by atoms with van der Waals surface area (Å²) in [5.41, 5.74) is 2.50. The van der Waals surface area contributed by atoms with Crippen LogP contribution >= 0.6 is 0 Å². The van der Waals surface area contributed by atoms with E-state index in [1.165, 1.54) is 11.1 Å². The van der Waals surface area contributed by atoms with E-state index in [0.717, 1.165) is 32.5 Å². The van der Waals surface area contributed by atoms with Crippen LogP contribution in [0.3, 0.4) is 0 Å². The molecule has 4 heteroatoms. The van der Waals surface area contributed by atoms with Gasteiger partial charge in [-0.2, -0.15) is 0 Å². The molecule has 0 amide bonds. The van der Waals surface area contributed by atoms with Gasteiger partial charge in [-0.15, -0.1) is 0 Å². The second-order valence-corrected chi connectivity index (χ2v) is 5.58. The van der Waals surface area contributed by atoms with Gasteiger partial charge >= 0.3 is 5.97 Å². The second kappa shape index (κ2) is 7.41. The largest absolute Gasteiger partial charge is 0.481 e. The Morgan fingerprint density at radius 1 is 1.45 bits per heavy atom. The van der Waals surface area contributed by atoms with Gasteiger partial charge in [-0.05, 0) is 36.4 Å². The van der Waals surface area contributed by atoms with E-state index in [0.29, 0.717) is 18.9 Å². The molecule has 0 aliphatic carbocycles. The Balaban J connectivity index is 1.82. The molecule has 4 nitrogen and oxygen atoms in total. The van der Waals surface area contributed by atoms with E-state index < -0.39 is 5.97 Å². The summed E-state index contributed by atoms with van der Waals surface area (Å²) >= 11 is 0. The maximum Gasteiger partial charge on any atom is 0.303 e. The van der Waals surface area contributed by atoms with Gasteiger partial charge in [0.2, 0.25) is 0 Å². The van der Waals surface area contributed by atoms with Crippen LogP contribution in [0.4, 0.5) is 0 Å². The van der Waals surface area contributed by atoms with Crippen molar-refractivity contribution in [3.63, 3.8) is 0 Å². The zero-order chi connectivity index (χ0) is 14.4. The van der Waals surface area contributed by atoms with Crippen LogP contribution < -0.4 is 0 Å². The molecule has 1 unspecified atom stereocenters. The van der Waals surface area contributed by atoms with Gasteiger partial charge in [0.05, 0.1) is 6.61 Å². The lowest BCUT2D eigenvalue weighted by Crippen LogP contribution is -2.20. The molecule has 1 aromatic rings. The number of rotatable bonds is 7. The van der Waals surface area contributed by atoms with Gasteiger partial charge in [0.1, 0.15) is 0 Å². The molecule has 1 heterocycles. The SMILES string of the molecule is COCc1cccc(CN2CCC(CCC(=O)O)C2)c1. The van der Waals surface area contributed by atoms with Crippen LogP contribution in [0.5, 0.6) is 0 Å². The standard InChI is InChI=1S/C16H23NO3/c1-20-12-15-4-2-3-14(9-15)11-17-8-7-13(10-17)5-6-16(18)19/h2-4,9,13H,5-8,10-12H2,1H3,(H,18,19). The normalized spacial score (nSPS) is 19.4. The Labute approximate surface area is 120 Å². The van der Waals surface area contributed by atoms with Gasteiger partial charge in [-0.3, -0.25) is 9.69 Å². The first-order valence-corrected chi connectivity index (χ1v) is 7.18. The number of aliphatic carboxylic acids is 1. The number of likely N-dealkylation sites (tertiary alicyclic amines) is 1. The number of carboxylic acid groups (broad SMARTS) is 1. The second-order valence-electron chi connectivity index (χ2n) is 5.58. The fourth-order valence-corrected chi connectivity index (χ4v) is 2.86. The lowest BCUT2D eigenvalue weighted by atomic mass is 10.0.